The molecule has 5 nitrogen and oxygen atoms in total. The highest BCUT2D eigenvalue weighted by molar-refractivity contribution is 5.94. The first kappa shape index (κ1) is 13.7. The summed E-state index contributed by atoms with van der Waals surface area (Å²) in [6, 6.07) is 7.17. The van der Waals surface area contributed by atoms with Crippen LogP contribution in [-0.2, 0) is 0 Å². The highest BCUT2D eigenvalue weighted by Crippen LogP contribution is 2.29. The van der Waals surface area contributed by atoms with Crippen LogP contribution < -0.4 is 5.69 Å². The third kappa shape index (κ3) is 2.77. The van der Waals surface area contributed by atoms with Gasteiger partial charge in [0.1, 0.15) is 0 Å². The molecule has 1 N–H and O–H groups in total. The van der Waals surface area contributed by atoms with Crippen molar-refractivity contribution >= 4 is 5.91 Å². The van der Waals surface area contributed by atoms with Crippen molar-refractivity contribution in [2.75, 3.05) is 13.6 Å². The van der Waals surface area contributed by atoms with Crippen LogP contribution in [0, 0.1) is 12.8 Å². The van der Waals surface area contributed by atoms with Gasteiger partial charge in [-0.05, 0) is 49.9 Å². The van der Waals surface area contributed by atoms with Gasteiger partial charge >= 0.3 is 5.69 Å². The fraction of sp³-hybridized carbons (Fsp3) is 0.375. The van der Waals surface area contributed by atoms with Gasteiger partial charge in [0.15, 0.2) is 0 Å². The number of rotatable bonds is 4. The SMILES string of the molecule is Cc1c[nH]c(=O)n1-c1ccc(C(=O)N(C)CC2CC2)cc1. The minimum atomic E-state index is -0.169. The number of amides is 1. The summed E-state index contributed by atoms with van der Waals surface area (Å²) in [5.41, 5.74) is 2.09. The van der Waals surface area contributed by atoms with Crippen LogP contribution in [0.15, 0.2) is 35.3 Å². The second kappa shape index (κ2) is 5.24. The third-order valence-corrected chi connectivity index (χ3v) is 3.91. The molecule has 1 aromatic carbocycles. The summed E-state index contributed by atoms with van der Waals surface area (Å²) >= 11 is 0. The first-order chi connectivity index (χ1) is 10.1. The molecule has 2 aromatic rings. The lowest BCUT2D eigenvalue weighted by atomic mass is 10.1. The van der Waals surface area contributed by atoms with Gasteiger partial charge in [-0.3, -0.25) is 9.36 Å². The molecule has 21 heavy (non-hydrogen) atoms. The fourth-order valence-corrected chi connectivity index (χ4v) is 2.52. The van der Waals surface area contributed by atoms with Gasteiger partial charge in [0.05, 0.1) is 5.69 Å². The van der Waals surface area contributed by atoms with E-state index in [0.717, 1.165) is 17.9 Å². The quantitative estimate of drug-likeness (QED) is 0.933. The maximum atomic E-state index is 12.3. The minimum absolute atomic E-state index is 0.0339. The van der Waals surface area contributed by atoms with E-state index in [2.05, 4.69) is 4.98 Å². The Morgan fingerprint density at radius 1 is 1.33 bits per heavy atom. The van der Waals surface area contributed by atoms with Gasteiger partial charge < -0.3 is 9.88 Å². The molecular weight excluding hydrogens is 266 g/mol. The first-order valence-electron chi connectivity index (χ1n) is 7.19. The number of aromatic nitrogens is 2. The standard InChI is InChI=1S/C16H19N3O2/c1-11-9-17-16(21)19(11)14-7-5-13(6-8-14)15(20)18(2)10-12-3-4-12/h5-9,12H,3-4,10H2,1-2H3,(H,17,21). The Balaban J connectivity index is 1.80. The number of nitrogens with zero attached hydrogens (tertiary/aromatic N) is 2. The molecule has 5 heteroatoms. The van der Waals surface area contributed by atoms with E-state index in [4.69, 9.17) is 0 Å². The van der Waals surface area contributed by atoms with E-state index in [1.54, 1.807) is 39.9 Å². The Bertz CT molecular complexity index is 708. The maximum absolute atomic E-state index is 12.3. The van der Waals surface area contributed by atoms with Gasteiger partial charge in [0.2, 0.25) is 0 Å². The Hall–Kier alpha value is -2.30. The zero-order valence-corrected chi connectivity index (χ0v) is 12.3. The molecule has 0 atom stereocenters. The summed E-state index contributed by atoms with van der Waals surface area (Å²) in [5, 5.41) is 0. The van der Waals surface area contributed by atoms with Crippen molar-refractivity contribution in [2.45, 2.75) is 19.8 Å². The van der Waals surface area contributed by atoms with Crippen molar-refractivity contribution in [1.29, 1.82) is 0 Å². The second-order valence-corrected chi connectivity index (χ2v) is 5.75. The number of hydrogen-bond acceptors (Lipinski definition) is 2. The van der Waals surface area contributed by atoms with Crippen LogP contribution in [0.5, 0.6) is 0 Å². The van der Waals surface area contributed by atoms with Crippen LogP contribution in [0.1, 0.15) is 28.9 Å². The molecular formula is C16H19N3O2. The second-order valence-electron chi connectivity index (χ2n) is 5.75. The number of aryl methyl sites for hydroxylation is 1. The van der Waals surface area contributed by atoms with Crippen molar-refractivity contribution in [3.63, 3.8) is 0 Å². The molecule has 0 saturated heterocycles. The van der Waals surface area contributed by atoms with Crippen molar-refractivity contribution in [3.05, 3.63) is 52.2 Å². The summed E-state index contributed by atoms with van der Waals surface area (Å²) in [6.45, 7) is 2.69. The summed E-state index contributed by atoms with van der Waals surface area (Å²) in [7, 11) is 1.84. The van der Waals surface area contributed by atoms with Gasteiger partial charge in [-0.25, -0.2) is 4.79 Å². The highest BCUT2D eigenvalue weighted by atomic mass is 16.2. The van der Waals surface area contributed by atoms with E-state index in [-0.39, 0.29) is 11.6 Å². The van der Waals surface area contributed by atoms with Gasteiger partial charge in [-0.15, -0.1) is 0 Å². The monoisotopic (exact) mass is 285 g/mol. The van der Waals surface area contributed by atoms with Gasteiger partial charge in [-0.1, -0.05) is 0 Å². The van der Waals surface area contributed by atoms with Crippen LogP contribution in [0.4, 0.5) is 0 Å². The number of benzene rings is 1. The summed E-state index contributed by atoms with van der Waals surface area (Å²) in [5.74, 6) is 0.714. The molecule has 0 spiro atoms. The van der Waals surface area contributed by atoms with E-state index in [1.807, 2.05) is 14.0 Å². The van der Waals surface area contributed by atoms with Gasteiger partial charge in [-0.2, -0.15) is 0 Å². The number of hydrogen-bond donors (Lipinski definition) is 1. The lowest BCUT2D eigenvalue weighted by Gasteiger charge is -2.17. The predicted molar refractivity (Wildman–Crippen MR) is 80.8 cm³/mol. The number of H-pyrrole nitrogens is 1. The van der Waals surface area contributed by atoms with Crippen LogP contribution in [-0.4, -0.2) is 34.0 Å². The van der Waals surface area contributed by atoms with Crippen molar-refractivity contribution in [1.82, 2.24) is 14.5 Å². The average molecular weight is 285 g/mol. The fourth-order valence-electron chi connectivity index (χ4n) is 2.52. The molecule has 0 radical (unpaired) electrons. The van der Waals surface area contributed by atoms with E-state index in [0.29, 0.717) is 11.5 Å². The Kier molecular flexibility index (Phi) is 3.41. The minimum Gasteiger partial charge on any atom is -0.341 e. The average Bonchev–Trinajstić information content (AvgIpc) is 3.23. The molecule has 0 bridgehead atoms. The molecule has 1 amide bonds. The molecule has 1 fully saturated rings. The van der Waals surface area contributed by atoms with E-state index in [1.165, 1.54) is 12.8 Å². The van der Waals surface area contributed by atoms with Gasteiger partial charge in [0.25, 0.3) is 5.91 Å². The smallest absolute Gasteiger partial charge is 0.330 e. The predicted octanol–water partition coefficient (Wildman–Crippen LogP) is 1.96. The van der Waals surface area contributed by atoms with E-state index in [9.17, 15) is 9.59 Å². The van der Waals surface area contributed by atoms with E-state index >= 15 is 0 Å². The Morgan fingerprint density at radius 2 is 2.00 bits per heavy atom. The summed E-state index contributed by atoms with van der Waals surface area (Å²) < 4.78 is 1.59. The normalized spacial score (nSPS) is 14.2. The van der Waals surface area contributed by atoms with Gasteiger partial charge in [0, 0.05) is 31.0 Å². The zero-order chi connectivity index (χ0) is 15.0. The summed E-state index contributed by atoms with van der Waals surface area (Å²) in [4.78, 5) is 28.4. The lowest BCUT2D eigenvalue weighted by molar-refractivity contribution is 0.0788. The lowest BCUT2D eigenvalue weighted by Crippen LogP contribution is -2.28. The Labute approximate surface area is 123 Å². The molecule has 1 saturated carbocycles. The van der Waals surface area contributed by atoms with Crippen LogP contribution in [0.25, 0.3) is 5.69 Å². The number of aromatic amines is 1. The Morgan fingerprint density at radius 3 is 2.52 bits per heavy atom. The van der Waals surface area contributed by atoms with Crippen LogP contribution in [0.3, 0.4) is 0 Å². The van der Waals surface area contributed by atoms with Crippen LogP contribution in [0.2, 0.25) is 0 Å². The maximum Gasteiger partial charge on any atom is 0.330 e. The van der Waals surface area contributed by atoms with Crippen molar-refractivity contribution in [3.8, 4) is 5.69 Å². The molecule has 1 heterocycles. The third-order valence-electron chi connectivity index (χ3n) is 3.91. The molecule has 1 aromatic heterocycles. The van der Waals surface area contributed by atoms with Crippen molar-refractivity contribution < 1.29 is 4.79 Å². The number of nitrogens with one attached hydrogen (secondary N) is 1. The highest BCUT2D eigenvalue weighted by Gasteiger charge is 2.25. The summed E-state index contributed by atoms with van der Waals surface area (Å²) in [6.07, 6.45) is 4.13. The largest absolute Gasteiger partial charge is 0.341 e. The molecule has 0 unspecified atom stereocenters. The number of carbonyl (C=O) groups is 1. The molecule has 110 valence electrons. The number of carbonyl (C=O) groups excluding carboxylic acids is 1. The zero-order valence-electron chi connectivity index (χ0n) is 12.3. The van der Waals surface area contributed by atoms with E-state index < -0.39 is 0 Å². The van der Waals surface area contributed by atoms with Crippen LogP contribution >= 0.6 is 0 Å². The van der Waals surface area contributed by atoms with Crippen molar-refractivity contribution in [2.24, 2.45) is 5.92 Å². The number of imidazole rings is 1. The molecule has 1 aliphatic rings. The molecule has 0 aliphatic heterocycles. The molecule has 3 rings (SSSR count). The first-order valence-corrected chi connectivity index (χ1v) is 7.19. The molecule has 1 aliphatic carbocycles. The topological polar surface area (TPSA) is 58.1 Å².